The summed E-state index contributed by atoms with van der Waals surface area (Å²) < 4.78 is 0. The second kappa shape index (κ2) is 6.79. The van der Waals surface area contributed by atoms with Crippen LogP contribution in [-0.4, -0.2) is 36.0 Å². The number of nitrogens with one attached hydrogen (secondary N) is 1. The van der Waals surface area contributed by atoms with Gasteiger partial charge in [0.25, 0.3) is 0 Å². The zero-order valence-corrected chi connectivity index (χ0v) is 13.3. The number of hydrogen-bond acceptors (Lipinski definition) is 2. The maximum absolute atomic E-state index is 12.3. The van der Waals surface area contributed by atoms with Gasteiger partial charge in [-0.25, -0.2) is 0 Å². The van der Waals surface area contributed by atoms with E-state index in [1.165, 1.54) is 0 Å². The summed E-state index contributed by atoms with van der Waals surface area (Å²) in [4.78, 5) is 14.2. The quantitative estimate of drug-likeness (QED) is 0.929. The Morgan fingerprint density at radius 3 is 2.60 bits per heavy atom. The molecule has 0 bridgehead atoms. The molecule has 20 heavy (non-hydrogen) atoms. The molecule has 1 saturated heterocycles. The van der Waals surface area contributed by atoms with Gasteiger partial charge in [-0.2, -0.15) is 0 Å². The van der Waals surface area contributed by atoms with Crippen molar-refractivity contribution in [1.29, 1.82) is 0 Å². The fraction of sp³-hybridized carbons (Fsp3) is 0.533. The van der Waals surface area contributed by atoms with Crippen molar-refractivity contribution in [3.63, 3.8) is 0 Å². The van der Waals surface area contributed by atoms with E-state index in [4.69, 9.17) is 23.2 Å². The topological polar surface area (TPSA) is 32.3 Å². The molecule has 110 valence electrons. The van der Waals surface area contributed by atoms with Crippen LogP contribution in [0.4, 0.5) is 0 Å². The molecule has 1 heterocycles. The molecule has 0 spiro atoms. The highest BCUT2D eigenvalue weighted by Gasteiger charge is 2.24. The normalized spacial score (nSPS) is 22.9. The van der Waals surface area contributed by atoms with Crippen LogP contribution in [0, 0.1) is 0 Å². The fourth-order valence-corrected chi connectivity index (χ4v) is 3.09. The zero-order chi connectivity index (χ0) is 14.7. The summed E-state index contributed by atoms with van der Waals surface area (Å²) >= 11 is 12.1. The second-order valence-corrected chi connectivity index (χ2v) is 6.27. The van der Waals surface area contributed by atoms with Crippen LogP contribution in [0.25, 0.3) is 0 Å². The molecule has 1 aliphatic heterocycles. The lowest BCUT2D eigenvalue weighted by Gasteiger charge is -2.36. The van der Waals surface area contributed by atoms with E-state index >= 15 is 0 Å². The number of carbonyl (C=O) groups is 1. The van der Waals surface area contributed by atoms with E-state index in [9.17, 15) is 4.79 Å². The first-order valence-corrected chi connectivity index (χ1v) is 7.69. The minimum atomic E-state index is 0.182. The van der Waals surface area contributed by atoms with Gasteiger partial charge < -0.3 is 10.2 Å². The van der Waals surface area contributed by atoms with Gasteiger partial charge >= 0.3 is 0 Å². The van der Waals surface area contributed by atoms with Gasteiger partial charge in [0.05, 0.1) is 10.0 Å². The SMILES string of the molecule is C[C@H]1CN(C(=O)CCc2cccc(Cl)c2Cl)C[C@H](C)N1. The molecule has 0 saturated carbocycles. The number of carbonyl (C=O) groups excluding carboxylic acids is 1. The first-order chi connectivity index (χ1) is 9.47. The van der Waals surface area contributed by atoms with Gasteiger partial charge in [0.2, 0.25) is 5.91 Å². The lowest BCUT2D eigenvalue weighted by Crippen LogP contribution is -2.55. The van der Waals surface area contributed by atoms with Crippen molar-refractivity contribution in [3.05, 3.63) is 33.8 Å². The molecule has 2 atom stereocenters. The predicted molar refractivity (Wildman–Crippen MR) is 83.4 cm³/mol. The number of nitrogens with zero attached hydrogens (tertiary/aromatic N) is 1. The monoisotopic (exact) mass is 314 g/mol. The van der Waals surface area contributed by atoms with Gasteiger partial charge in [-0.15, -0.1) is 0 Å². The summed E-state index contributed by atoms with van der Waals surface area (Å²) in [6, 6.07) is 6.23. The van der Waals surface area contributed by atoms with E-state index in [-0.39, 0.29) is 5.91 Å². The predicted octanol–water partition coefficient (Wildman–Crippen LogP) is 3.13. The summed E-state index contributed by atoms with van der Waals surface area (Å²) in [5.41, 5.74) is 0.934. The maximum atomic E-state index is 12.3. The molecule has 2 rings (SSSR count). The van der Waals surface area contributed by atoms with Gasteiger partial charge in [-0.3, -0.25) is 4.79 Å². The standard InChI is InChI=1S/C15H20Cl2N2O/c1-10-8-19(9-11(2)18-10)14(20)7-6-12-4-3-5-13(16)15(12)17/h3-5,10-11,18H,6-9H2,1-2H3/t10-,11-/m0/s1. The highest BCUT2D eigenvalue weighted by molar-refractivity contribution is 6.42. The summed E-state index contributed by atoms with van der Waals surface area (Å²) in [5.74, 6) is 0.182. The Morgan fingerprint density at radius 2 is 1.95 bits per heavy atom. The summed E-state index contributed by atoms with van der Waals surface area (Å²) in [5, 5.41) is 4.52. The van der Waals surface area contributed by atoms with Crippen molar-refractivity contribution in [2.75, 3.05) is 13.1 Å². The number of benzene rings is 1. The Hall–Kier alpha value is -0.770. The Bertz CT molecular complexity index is 483. The van der Waals surface area contributed by atoms with Crippen LogP contribution in [0.15, 0.2) is 18.2 Å². The average Bonchev–Trinajstić information content (AvgIpc) is 2.39. The number of amides is 1. The van der Waals surface area contributed by atoms with Crippen LogP contribution in [0.5, 0.6) is 0 Å². The van der Waals surface area contributed by atoms with Crippen molar-refractivity contribution in [3.8, 4) is 0 Å². The summed E-state index contributed by atoms with van der Waals surface area (Å²) in [6.45, 7) is 5.74. The van der Waals surface area contributed by atoms with E-state index in [0.29, 0.717) is 35.0 Å². The number of piperazine rings is 1. The van der Waals surface area contributed by atoms with E-state index in [2.05, 4.69) is 19.2 Å². The van der Waals surface area contributed by atoms with E-state index in [1.54, 1.807) is 6.07 Å². The Balaban J connectivity index is 1.93. The summed E-state index contributed by atoms with van der Waals surface area (Å²) in [7, 11) is 0. The highest BCUT2D eigenvalue weighted by Crippen LogP contribution is 2.26. The van der Waals surface area contributed by atoms with Gasteiger partial charge in [0.15, 0.2) is 0 Å². The van der Waals surface area contributed by atoms with Crippen LogP contribution >= 0.6 is 23.2 Å². The van der Waals surface area contributed by atoms with E-state index < -0.39 is 0 Å². The molecule has 5 heteroatoms. The van der Waals surface area contributed by atoms with Gasteiger partial charge in [0.1, 0.15) is 0 Å². The fourth-order valence-electron chi connectivity index (χ4n) is 2.67. The smallest absolute Gasteiger partial charge is 0.223 e. The van der Waals surface area contributed by atoms with Crippen LogP contribution in [-0.2, 0) is 11.2 Å². The van der Waals surface area contributed by atoms with Crippen LogP contribution < -0.4 is 5.32 Å². The second-order valence-electron chi connectivity index (χ2n) is 5.48. The summed E-state index contributed by atoms with van der Waals surface area (Å²) in [6.07, 6.45) is 1.10. The number of halogens is 2. The van der Waals surface area contributed by atoms with Crippen molar-refractivity contribution in [1.82, 2.24) is 10.2 Å². The van der Waals surface area contributed by atoms with Crippen LogP contribution in [0.1, 0.15) is 25.8 Å². The van der Waals surface area contributed by atoms with Crippen LogP contribution in [0.3, 0.4) is 0 Å². The molecule has 3 nitrogen and oxygen atoms in total. The molecule has 0 aliphatic carbocycles. The van der Waals surface area contributed by atoms with Crippen molar-refractivity contribution >= 4 is 29.1 Å². The molecule has 1 aliphatic rings. The van der Waals surface area contributed by atoms with Gasteiger partial charge in [-0.05, 0) is 31.9 Å². The first kappa shape index (κ1) is 15.6. The third kappa shape index (κ3) is 3.87. The number of rotatable bonds is 3. The molecule has 0 radical (unpaired) electrons. The Kier molecular flexibility index (Phi) is 5.30. The van der Waals surface area contributed by atoms with Crippen LogP contribution in [0.2, 0.25) is 10.0 Å². The van der Waals surface area contributed by atoms with Gasteiger partial charge in [-0.1, -0.05) is 35.3 Å². The van der Waals surface area contributed by atoms with Crippen molar-refractivity contribution < 1.29 is 4.79 Å². The van der Waals surface area contributed by atoms with Gasteiger partial charge in [0, 0.05) is 31.6 Å². The number of hydrogen-bond donors (Lipinski definition) is 1. The minimum absolute atomic E-state index is 0.182. The maximum Gasteiger partial charge on any atom is 0.223 e. The zero-order valence-electron chi connectivity index (χ0n) is 11.8. The third-order valence-electron chi connectivity index (χ3n) is 3.55. The van der Waals surface area contributed by atoms with Crippen molar-refractivity contribution in [2.24, 2.45) is 0 Å². The molecule has 1 amide bonds. The Morgan fingerprint density at radius 1 is 1.30 bits per heavy atom. The molecule has 1 N–H and O–H groups in total. The highest BCUT2D eigenvalue weighted by atomic mass is 35.5. The largest absolute Gasteiger partial charge is 0.340 e. The molecular weight excluding hydrogens is 295 g/mol. The number of aryl methyl sites for hydroxylation is 1. The lowest BCUT2D eigenvalue weighted by atomic mass is 10.1. The lowest BCUT2D eigenvalue weighted by molar-refractivity contribution is -0.132. The van der Waals surface area contributed by atoms with Crippen molar-refractivity contribution in [2.45, 2.75) is 38.8 Å². The molecule has 0 aromatic heterocycles. The Labute approximate surface area is 130 Å². The molecular formula is C15H20Cl2N2O. The van der Waals surface area contributed by atoms with E-state index in [1.807, 2.05) is 17.0 Å². The molecule has 0 unspecified atom stereocenters. The first-order valence-electron chi connectivity index (χ1n) is 6.94. The third-order valence-corrected chi connectivity index (χ3v) is 4.41. The van der Waals surface area contributed by atoms with E-state index in [0.717, 1.165) is 18.7 Å². The molecule has 1 fully saturated rings. The minimum Gasteiger partial charge on any atom is -0.340 e. The molecule has 1 aromatic rings. The average molecular weight is 315 g/mol. The molecule has 1 aromatic carbocycles.